The summed E-state index contributed by atoms with van der Waals surface area (Å²) in [6.45, 7) is 0. The Balaban J connectivity index is 1.08. The summed E-state index contributed by atoms with van der Waals surface area (Å²) in [7, 11) is 0. The number of hydrogen-bond donors (Lipinski definition) is 0. The predicted molar refractivity (Wildman–Crippen MR) is 216 cm³/mol. The molecule has 11 rings (SSSR count). The van der Waals surface area contributed by atoms with Crippen molar-refractivity contribution in [1.82, 2.24) is 29.5 Å². The van der Waals surface area contributed by atoms with Gasteiger partial charge in [-0.2, -0.15) is 0 Å². The molecule has 0 bridgehead atoms. The molecule has 0 N–H and O–H groups in total. The van der Waals surface area contributed by atoms with E-state index in [2.05, 4.69) is 77.4 Å². The average Bonchev–Trinajstić information content (AvgIpc) is 3.98. The molecule has 4 heterocycles. The zero-order chi connectivity index (χ0) is 36.3. The molecule has 0 saturated heterocycles. The molecular formula is C47H28N6O2. The quantitative estimate of drug-likeness (QED) is 0.170. The van der Waals surface area contributed by atoms with Gasteiger partial charge in [0.15, 0.2) is 28.6 Å². The van der Waals surface area contributed by atoms with Gasteiger partial charge in [0.05, 0.1) is 11.0 Å². The van der Waals surface area contributed by atoms with E-state index in [9.17, 15) is 0 Å². The molecule has 0 fully saturated rings. The molecule has 0 spiro atoms. The number of fused-ring (bicyclic) bond motifs is 5. The van der Waals surface area contributed by atoms with Crippen LogP contribution in [0, 0.1) is 0 Å². The lowest BCUT2D eigenvalue weighted by Gasteiger charge is -2.11. The van der Waals surface area contributed by atoms with Crippen LogP contribution >= 0.6 is 0 Å². The van der Waals surface area contributed by atoms with E-state index in [-0.39, 0.29) is 0 Å². The Morgan fingerprint density at radius 2 is 0.782 bits per heavy atom. The highest BCUT2D eigenvalue weighted by molar-refractivity contribution is 6.09. The Labute approximate surface area is 314 Å². The molecule has 4 aromatic heterocycles. The van der Waals surface area contributed by atoms with E-state index in [1.54, 1.807) is 0 Å². The number of aromatic nitrogens is 6. The minimum Gasteiger partial charge on any atom is -0.436 e. The standard InChI is InChI=1S/C47H28N6O2/c1-2-12-29(13-3-1)43-50-44(30-22-24-34(25-23-30)53-39-18-8-4-14-35(39)36-15-5-9-19-40(36)53)52-45(51-43)31-26-32(46-48-37-16-6-10-20-41(37)54-46)28-33(27-31)47-49-38-17-7-11-21-42(38)55-47/h1-28H. The molecule has 7 aromatic carbocycles. The van der Waals surface area contributed by atoms with Crippen molar-refractivity contribution in [2.45, 2.75) is 0 Å². The van der Waals surface area contributed by atoms with Crippen LogP contribution in [0.2, 0.25) is 0 Å². The first-order valence-corrected chi connectivity index (χ1v) is 18.0. The summed E-state index contributed by atoms with van der Waals surface area (Å²) < 4.78 is 14.8. The highest BCUT2D eigenvalue weighted by Gasteiger charge is 2.19. The fourth-order valence-corrected chi connectivity index (χ4v) is 7.31. The lowest BCUT2D eigenvalue weighted by atomic mass is 10.0. The van der Waals surface area contributed by atoms with Crippen molar-refractivity contribution in [3.63, 3.8) is 0 Å². The first kappa shape index (κ1) is 30.9. The van der Waals surface area contributed by atoms with Gasteiger partial charge in [0.2, 0.25) is 11.8 Å². The topological polar surface area (TPSA) is 95.7 Å². The molecule has 11 aromatic rings. The molecule has 8 heteroatoms. The van der Waals surface area contributed by atoms with E-state index in [1.807, 2.05) is 97.1 Å². The lowest BCUT2D eigenvalue weighted by molar-refractivity contribution is 0.617. The van der Waals surface area contributed by atoms with Crippen molar-refractivity contribution < 1.29 is 8.83 Å². The fraction of sp³-hybridized carbons (Fsp3) is 0. The first-order valence-electron chi connectivity index (χ1n) is 18.0. The highest BCUT2D eigenvalue weighted by Crippen LogP contribution is 2.36. The molecule has 8 nitrogen and oxygen atoms in total. The van der Waals surface area contributed by atoms with E-state index in [4.69, 9.17) is 33.8 Å². The Morgan fingerprint density at radius 3 is 1.33 bits per heavy atom. The second-order valence-corrected chi connectivity index (χ2v) is 13.4. The van der Waals surface area contributed by atoms with Crippen molar-refractivity contribution >= 4 is 44.0 Å². The molecular weight excluding hydrogens is 681 g/mol. The Bertz CT molecular complexity index is 3000. The van der Waals surface area contributed by atoms with Gasteiger partial charge in [-0.05, 0) is 78.9 Å². The van der Waals surface area contributed by atoms with E-state index >= 15 is 0 Å². The van der Waals surface area contributed by atoms with Gasteiger partial charge in [-0.15, -0.1) is 0 Å². The summed E-state index contributed by atoms with van der Waals surface area (Å²) >= 11 is 0. The second-order valence-electron chi connectivity index (χ2n) is 13.4. The normalized spacial score (nSPS) is 11.6. The van der Waals surface area contributed by atoms with E-state index in [0.717, 1.165) is 55.6 Å². The van der Waals surface area contributed by atoms with Gasteiger partial charge in [-0.1, -0.05) is 91.0 Å². The van der Waals surface area contributed by atoms with Gasteiger partial charge in [0.25, 0.3) is 0 Å². The zero-order valence-electron chi connectivity index (χ0n) is 29.2. The minimum atomic E-state index is 0.471. The van der Waals surface area contributed by atoms with Crippen LogP contribution in [0.1, 0.15) is 0 Å². The summed E-state index contributed by atoms with van der Waals surface area (Å²) in [6, 6.07) is 56.8. The predicted octanol–water partition coefficient (Wildman–Crippen LogP) is 11.6. The zero-order valence-corrected chi connectivity index (χ0v) is 29.2. The first-order chi connectivity index (χ1) is 27.2. The van der Waals surface area contributed by atoms with E-state index in [0.29, 0.717) is 40.4 Å². The monoisotopic (exact) mass is 708 g/mol. The van der Waals surface area contributed by atoms with E-state index in [1.165, 1.54) is 10.8 Å². The maximum Gasteiger partial charge on any atom is 0.227 e. The number of nitrogens with zero attached hydrogens (tertiary/aromatic N) is 6. The summed E-state index contributed by atoms with van der Waals surface area (Å²) in [5.41, 5.74) is 10.2. The molecule has 258 valence electrons. The third-order valence-electron chi connectivity index (χ3n) is 9.90. The number of benzene rings is 7. The lowest BCUT2D eigenvalue weighted by Crippen LogP contribution is -2.01. The maximum atomic E-state index is 6.26. The molecule has 0 atom stereocenters. The number of rotatable bonds is 6. The van der Waals surface area contributed by atoms with Gasteiger partial charge < -0.3 is 13.4 Å². The van der Waals surface area contributed by atoms with E-state index < -0.39 is 0 Å². The molecule has 0 amide bonds. The van der Waals surface area contributed by atoms with Crippen LogP contribution in [0.25, 0.3) is 107 Å². The average molecular weight is 709 g/mol. The number of hydrogen-bond acceptors (Lipinski definition) is 7. The van der Waals surface area contributed by atoms with Crippen LogP contribution < -0.4 is 0 Å². The van der Waals surface area contributed by atoms with Gasteiger partial charge in [0, 0.05) is 44.3 Å². The SMILES string of the molecule is c1ccc(-c2nc(-c3ccc(-n4c5ccccc5c5ccccc54)cc3)nc(-c3cc(-c4nc5ccccc5o4)cc(-c4nc5ccccc5o4)c3)n2)cc1. The second kappa shape index (κ2) is 12.5. The van der Waals surface area contributed by atoms with Crippen molar-refractivity contribution in [3.05, 3.63) is 170 Å². The van der Waals surface area contributed by atoms with Gasteiger partial charge in [-0.25, -0.2) is 24.9 Å². The van der Waals surface area contributed by atoms with Crippen molar-refractivity contribution in [2.24, 2.45) is 0 Å². The van der Waals surface area contributed by atoms with Crippen molar-refractivity contribution in [2.75, 3.05) is 0 Å². The summed E-state index contributed by atoms with van der Waals surface area (Å²) in [4.78, 5) is 24.8. The summed E-state index contributed by atoms with van der Waals surface area (Å²) in [5.74, 6) is 2.54. The molecule has 0 saturated carbocycles. The molecule has 0 aliphatic heterocycles. The third-order valence-corrected chi connectivity index (χ3v) is 9.90. The van der Waals surface area contributed by atoms with Crippen LogP contribution in [0.15, 0.2) is 179 Å². The van der Waals surface area contributed by atoms with Gasteiger partial charge in [-0.3, -0.25) is 0 Å². The minimum absolute atomic E-state index is 0.471. The largest absolute Gasteiger partial charge is 0.436 e. The van der Waals surface area contributed by atoms with Crippen molar-refractivity contribution in [1.29, 1.82) is 0 Å². The van der Waals surface area contributed by atoms with Gasteiger partial charge in [0.1, 0.15) is 11.0 Å². The molecule has 55 heavy (non-hydrogen) atoms. The molecule has 0 radical (unpaired) electrons. The van der Waals surface area contributed by atoms with Crippen LogP contribution in [0.3, 0.4) is 0 Å². The molecule has 0 unspecified atom stereocenters. The van der Waals surface area contributed by atoms with Crippen LogP contribution in [0.4, 0.5) is 0 Å². The summed E-state index contributed by atoms with van der Waals surface area (Å²) in [6.07, 6.45) is 0. The summed E-state index contributed by atoms with van der Waals surface area (Å²) in [5, 5.41) is 2.43. The maximum absolute atomic E-state index is 6.26. The molecule has 0 aliphatic rings. The van der Waals surface area contributed by atoms with Crippen LogP contribution in [-0.4, -0.2) is 29.5 Å². The smallest absolute Gasteiger partial charge is 0.227 e. The Kier molecular flexibility index (Phi) is 6.99. The molecule has 0 aliphatic carbocycles. The Morgan fingerprint density at radius 1 is 0.345 bits per heavy atom. The number of para-hydroxylation sites is 6. The fourth-order valence-electron chi connectivity index (χ4n) is 7.31. The van der Waals surface area contributed by atoms with Gasteiger partial charge >= 0.3 is 0 Å². The highest BCUT2D eigenvalue weighted by atomic mass is 16.4. The Hall–Kier alpha value is -7.71. The number of oxazole rings is 2. The van der Waals surface area contributed by atoms with Crippen LogP contribution in [0.5, 0.6) is 0 Å². The van der Waals surface area contributed by atoms with Crippen LogP contribution in [-0.2, 0) is 0 Å². The van der Waals surface area contributed by atoms with Crippen molar-refractivity contribution in [3.8, 4) is 62.8 Å². The third kappa shape index (κ3) is 5.35.